The molecule has 1 heterocycles. The number of nitrogens with zero attached hydrogens (tertiary/aromatic N) is 3. The molecule has 2 aromatic carbocycles. The molecule has 3 aromatic rings. The minimum atomic E-state index is -3.76. The van der Waals surface area contributed by atoms with Crippen molar-refractivity contribution in [2.45, 2.75) is 31.2 Å². The maximum Gasteiger partial charge on any atom is 0.264 e. The molecule has 142 valence electrons. The number of halogens is 2. The molecule has 0 aliphatic heterocycles. The Morgan fingerprint density at radius 3 is 2.44 bits per heavy atom. The van der Waals surface area contributed by atoms with E-state index in [2.05, 4.69) is 14.8 Å². The third-order valence-electron chi connectivity index (χ3n) is 3.97. The smallest absolute Gasteiger partial charge is 0.246 e. The lowest BCUT2D eigenvalue weighted by Gasteiger charge is -2.08. The summed E-state index contributed by atoms with van der Waals surface area (Å²) >= 11 is 12.0. The summed E-state index contributed by atoms with van der Waals surface area (Å²) in [7, 11) is -3.76. The van der Waals surface area contributed by atoms with Crippen LogP contribution < -0.4 is 4.72 Å². The second kappa shape index (κ2) is 7.88. The van der Waals surface area contributed by atoms with Gasteiger partial charge in [0.15, 0.2) is 0 Å². The van der Waals surface area contributed by atoms with Crippen molar-refractivity contribution in [3.63, 3.8) is 0 Å². The fourth-order valence-corrected chi connectivity index (χ4v) is 3.87. The zero-order valence-corrected chi connectivity index (χ0v) is 17.1. The van der Waals surface area contributed by atoms with Crippen LogP contribution in [-0.2, 0) is 16.6 Å². The Balaban J connectivity index is 1.74. The highest BCUT2D eigenvalue weighted by Crippen LogP contribution is 2.22. The lowest BCUT2D eigenvalue weighted by atomic mass is 10.0. The van der Waals surface area contributed by atoms with Crippen molar-refractivity contribution in [1.29, 1.82) is 0 Å². The maximum atomic E-state index is 12.5. The van der Waals surface area contributed by atoms with Gasteiger partial charge in [0.2, 0.25) is 0 Å². The lowest BCUT2D eigenvalue weighted by molar-refractivity contribution is 0.600. The van der Waals surface area contributed by atoms with E-state index < -0.39 is 10.0 Å². The molecule has 0 radical (unpaired) electrons. The number of anilines is 1. The van der Waals surface area contributed by atoms with Crippen LogP contribution in [0.5, 0.6) is 0 Å². The van der Waals surface area contributed by atoms with Crippen LogP contribution in [0, 0.1) is 0 Å². The van der Waals surface area contributed by atoms with E-state index >= 15 is 0 Å². The molecule has 0 aliphatic carbocycles. The van der Waals surface area contributed by atoms with Gasteiger partial charge in [-0.05, 0) is 41.3 Å². The van der Waals surface area contributed by atoms with Crippen LogP contribution >= 0.6 is 23.2 Å². The first kappa shape index (κ1) is 19.7. The second-order valence-corrected chi connectivity index (χ2v) is 8.86. The van der Waals surface area contributed by atoms with E-state index in [0.717, 1.165) is 11.1 Å². The molecule has 0 saturated heterocycles. The molecule has 1 N–H and O–H groups in total. The SMILES string of the molecule is CC(C)c1ccc(S(=O)(=O)Nc2ncn(Cc3ccc(Cl)cc3Cl)n2)cc1. The third kappa shape index (κ3) is 4.80. The average Bonchev–Trinajstić information content (AvgIpc) is 3.04. The van der Waals surface area contributed by atoms with Gasteiger partial charge in [-0.1, -0.05) is 55.2 Å². The Labute approximate surface area is 168 Å². The number of hydrogen-bond acceptors (Lipinski definition) is 4. The predicted octanol–water partition coefficient (Wildman–Crippen LogP) is 4.56. The monoisotopic (exact) mass is 424 g/mol. The molecule has 6 nitrogen and oxygen atoms in total. The highest BCUT2D eigenvalue weighted by Gasteiger charge is 2.17. The molecule has 3 rings (SSSR count). The molecule has 9 heteroatoms. The van der Waals surface area contributed by atoms with Crippen molar-refractivity contribution in [2.24, 2.45) is 0 Å². The van der Waals surface area contributed by atoms with E-state index in [9.17, 15) is 8.42 Å². The molecule has 27 heavy (non-hydrogen) atoms. The minimum absolute atomic E-state index is 0.00646. The summed E-state index contributed by atoms with van der Waals surface area (Å²) in [5.74, 6) is 0.319. The van der Waals surface area contributed by atoms with Gasteiger partial charge in [-0.3, -0.25) is 0 Å². The van der Waals surface area contributed by atoms with E-state index in [4.69, 9.17) is 23.2 Å². The quantitative estimate of drug-likeness (QED) is 0.628. The molecule has 0 bridgehead atoms. The third-order valence-corrected chi connectivity index (χ3v) is 5.90. The van der Waals surface area contributed by atoms with Gasteiger partial charge in [0.05, 0.1) is 11.4 Å². The Kier molecular flexibility index (Phi) is 5.74. The average molecular weight is 425 g/mol. The van der Waals surface area contributed by atoms with E-state index in [1.54, 1.807) is 42.5 Å². The molecule has 0 amide bonds. The lowest BCUT2D eigenvalue weighted by Crippen LogP contribution is -2.14. The molecule has 0 unspecified atom stereocenters. The fourth-order valence-electron chi connectivity index (χ4n) is 2.45. The zero-order valence-electron chi connectivity index (χ0n) is 14.7. The second-order valence-electron chi connectivity index (χ2n) is 6.33. The maximum absolute atomic E-state index is 12.5. The van der Waals surface area contributed by atoms with Crippen LogP contribution in [0.2, 0.25) is 10.0 Å². The van der Waals surface area contributed by atoms with Crippen molar-refractivity contribution in [2.75, 3.05) is 4.72 Å². The van der Waals surface area contributed by atoms with E-state index in [-0.39, 0.29) is 10.8 Å². The molecule has 0 aliphatic rings. The van der Waals surface area contributed by atoms with Gasteiger partial charge >= 0.3 is 0 Å². The first-order valence-electron chi connectivity index (χ1n) is 8.21. The molecule has 1 aromatic heterocycles. The molecular weight excluding hydrogens is 407 g/mol. The zero-order chi connectivity index (χ0) is 19.6. The number of rotatable bonds is 6. The van der Waals surface area contributed by atoms with Crippen molar-refractivity contribution in [3.8, 4) is 0 Å². The Hall–Kier alpha value is -2.09. The molecule has 0 saturated carbocycles. The Morgan fingerprint density at radius 2 is 1.81 bits per heavy atom. The van der Waals surface area contributed by atoms with Crippen molar-refractivity contribution in [1.82, 2.24) is 14.8 Å². The molecule has 0 spiro atoms. The molecule has 0 fully saturated rings. The summed E-state index contributed by atoms with van der Waals surface area (Å²) in [6, 6.07) is 11.9. The van der Waals surface area contributed by atoms with Crippen molar-refractivity contribution in [3.05, 3.63) is 70.0 Å². The topological polar surface area (TPSA) is 76.9 Å². The number of nitrogens with one attached hydrogen (secondary N) is 1. The van der Waals surface area contributed by atoms with E-state index in [1.165, 1.54) is 11.0 Å². The summed E-state index contributed by atoms with van der Waals surface area (Å²) < 4.78 is 28.9. The Morgan fingerprint density at radius 1 is 1.11 bits per heavy atom. The highest BCUT2D eigenvalue weighted by atomic mass is 35.5. The van der Waals surface area contributed by atoms with Crippen LogP contribution in [-0.4, -0.2) is 23.2 Å². The summed E-state index contributed by atoms with van der Waals surface area (Å²) in [4.78, 5) is 4.16. The number of sulfonamides is 1. The van der Waals surface area contributed by atoms with Crippen LogP contribution in [0.1, 0.15) is 30.9 Å². The Bertz CT molecular complexity index is 1050. The fraction of sp³-hybridized carbons (Fsp3) is 0.222. The summed E-state index contributed by atoms with van der Waals surface area (Å²) in [5, 5.41) is 5.20. The number of benzene rings is 2. The first-order valence-corrected chi connectivity index (χ1v) is 10.4. The number of aromatic nitrogens is 3. The van der Waals surface area contributed by atoms with Crippen LogP contribution in [0.4, 0.5) is 5.95 Å². The van der Waals surface area contributed by atoms with E-state index in [1.807, 2.05) is 13.8 Å². The predicted molar refractivity (Wildman–Crippen MR) is 107 cm³/mol. The van der Waals surface area contributed by atoms with Crippen LogP contribution in [0.3, 0.4) is 0 Å². The standard InChI is InChI=1S/C18H18Cl2N4O2S/c1-12(2)13-4-7-16(8-5-13)27(25,26)23-18-21-11-24(22-18)10-14-3-6-15(19)9-17(14)20/h3-9,11-12H,10H2,1-2H3,(H,22,23). The first-order chi connectivity index (χ1) is 12.7. The van der Waals surface area contributed by atoms with Gasteiger partial charge in [0.25, 0.3) is 16.0 Å². The van der Waals surface area contributed by atoms with Crippen LogP contribution in [0.15, 0.2) is 53.7 Å². The highest BCUT2D eigenvalue weighted by molar-refractivity contribution is 7.92. The summed E-state index contributed by atoms with van der Waals surface area (Å²) in [6.45, 7) is 4.43. The largest absolute Gasteiger partial charge is 0.264 e. The van der Waals surface area contributed by atoms with Crippen molar-refractivity contribution < 1.29 is 8.42 Å². The minimum Gasteiger partial charge on any atom is -0.246 e. The van der Waals surface area contributed by atoms with Crippen LogP contribution in [0.25, 0.3) is 0 Å². The number of hydrogen-bond donors (Lipinski definition) is 1. The van der Waals surface area contributed by atoms with Gasteiger partial charge in [-0.25, -0.2) is 17.8 Å². The van der Waals surface area contributed by atoms with E-state index in [0.29, 0.717) is 22.5 Å². The normalized spacial score (nSPS) is 11.7. The van der Waals surface area contributed by atoms with Gasteiger partial charge in [0.1, 0.15) is 6.33 Å². The molecule has 0 atom stereocenters. The van der Waals surface area contributed by atoms with Gasteiger partial charge < -0.3 is 0 Å². The summed E-state index contributed by atoms with van der Waals surface area (Å²) in [6.07, 6.45) is 1.44. The van der Waals surface area contributed by atoms with Gasteiger partial charge in [-0.2, -0.15) is 4.98 Å². The molecular formula is C18H18Cl2N4O2S. The van der Waals surface area contributed by atoms with Gasteiger partial charge in [0, 0.05) is 10.0 Å². The van der Waals surface area contributed by atoms with Crippen molar-refractivity contribution >= 4 is 39.2 Å². The summed E-state index contributed by atoms with van der Waals surface area (Å²) in [5.41, 5.74) is 1.86. The van der Waals surface area contributed by atoms with Gasteiger partial charge in [-0.15, -0.1) is 5.10 Å².